The molecule has 27 heavy (non-hydrogen) atoms. The van der Waals surface area contributed by atoms with E-state index in [0.717, 1.165) is 23.7 Å². The predicted octanol–water partition coefficient (Wildman–Crippen LogP) is 4.70. The number of carbonyl (C=O) groups is 1. The number of piperidine rings is 1. The van der Waals surface area contributed by atoms with Gasteiger partial charge in [0.2, 0.25) is 0 Å². The Labute approximate surface area is 166 Å². The quantitative estimate of drug-likeness (QED) is 0.750. The zero-order valence-electron chi connectivity index (χ0n) is 15.8. The van der Waals surface area contributed by atoms with Crippen molar-refractivity contribution in [3.63, 3.8) is 0 Å². The normalized spacial score (nSPS) is 15.9. The minimum Gasteiger partial charge on any atom is -0.493 e. The van der Waals surface area contributed by atoms with E-state index in [9.17, 15) is 4.79 Å². The molecule has 144 valence electrons. The van der Waals surface area contributed by atoms with Gasteiger partial charge in [-0.3, -0.25) is 9.69 Å². The van der Waals surface area contributed by atoms with Gasteiger partial charge in [-0.2, -0.15) is 0 Å². The highest BCUT2D eigenvalue weighted by Gasteiger charge is 2.25. The highest BCUT2D eigenvalue weighted by atomic mass is 35.5. The van der Waals surface area contributed by atoms with Crippen LogP contribution in [0.4, 0.5) is 0 Å². The molecule has 0 bridgehead atoms. The van der Waals surface area contributed by atoms with Gasteiger partial charge in [-0.15, -0.1) is 0 Å². The zero-order chi connectivity index (χ0) is 19.1. The molecule has 0 unspecified atom stereocenters. The van der Waals surface area contributed by atoms with Gasteiger partial charge in [-0.1, -0.05) is 48.4 Å². The monoisotopic (exact) mass is 386 g/mol. The molecule has 1 N–H and O–H groups in total. The average molecular weight is 387 g/mol. The lowest BCUT2D eigenvalue weighted by molar-refractivity contribution is 0.0920. The van der Waals surface area contributed by atoms with Crippen LogP contribution in [0.15, 0.2) is 48.5 Å². The maximum atomic E-state index is 12.8. The van der Waals surface area contributed by atoms with E-state index in [2.05, 4.69) is 16.3 Å². The third-order valence-electron chi connectivity index (χ3n) is 4.98. The zero-order valence-corrected chi connectivity index (χ0v) is 16.5. The molecule has 0 radical (unpaired) electrons. The van der Waals surface area contributed by atoms with Crippen LogP contribution < -0.4 is 10.1 Å². The summed E-state index contributed by atoms with van der Waals surface area (Å²) < 4.78 is 5.59. The molecule has 1 fully saturated rings. The van der Waals surface area contributed by atoms with E-state index in [4.69, 9.17) is 16.3 Å². The van der Waals surface area contributed by atoms with Crippen LogP contribution in [0.1, 0.15) is 48.1 Å². The molecule has 0 aliphatic carbocycles. The third-order valence-corrected chi connectivity index (χ3v) is 5.33. The molecular weight excluding hydrogens is 360 g/mol. The summed E-state index contributed by atoms with van der Waals surface area (Å²) in [7, 11) is 0. The lowest BCUT2D eigenvalue weighted by atomic mass is 10.0. The molecule has 1 atom stereocenters. The molecular formula is C22H27ClN2O2. The van der Waals surface area contributed by atoms with Gasteiger partial charge in [-0.05, 0) is 56.6 Å². The Kier molecular flexibility index (Phi) is 7.13. The van der Waals surface area contributed by atoms with Crippen molar-refractivity contribution in [1.29, 1.82) is 0 Å². The van der Waals surface area contributed by atoms with Crippen molar-refractivity contribution in [3.05, 3.63) is 64.7 Å². The second-order valence-electron chi connectivity index (χ2n) is 6.77. The summed E-state index contributed by atoms with van der Waals surface area (Å²) in [6, 6.07) is 15.3. The molecule has 4 nitrogen and oxygen atoms in total. The minimum atomic E-state index is -0.117. The van der Waals surface area contributed by atoms with Crippen molar-refractivity contribution in [2.24, 2.45) is 0 Å². The molecule has 3 rings (SSSR count). The van der Waals surface area contributed by atoms with Gasteiger partial charge in [0.25, 0.3) is 5.91 Å². The molecule has 1 aliphatic heterocycles. The molecule has 1 saturated heterocycles. The van der Waals surface area contributed by atoms with Crippen molar-refractivity contribution in [3.8, 4) is 5.75 Å². The van der Waals surface area contributed by atoms with E-state index in [0.29, 0.717) is 24.5 Å². The van der Waals surface area contributed by atoms with Gasteiger partial charge in [-0.25, -0.2) is 0 Å². The van der Waals surface area contributed by atoms with Crippen molar-refractivity contribution in [2.45, 2.75) is 32.2 Å². The van der Waals surface area contributed by atoms with E-state index in [1.54, 1.807) is 6.07 Å². The number of nitrogens with zero attached hydrogens (tertiary/aromatic N) is 1. The van der Waals surface area contributed by atoms with Gasteiger partial charge in [0.1, 0.15) is 5.75 Å². The molecule has 0 aromatic heterocycles. The molecule has 2 aromatic rings. The summed E-state index contributed by atoms with van der Waals surface area (Å²) >= 11 is 6.48. The largest absolute Gasteiger partial charge is 0.493 e. The van der Waals surface area contributed by atoms with Crippen molar-refractivity contribution in [2.75, 3.05) is 26.2 Å². The van der Waals surface area contributed by atoms with Gasteiger partial charge in [0.05, 0.1) is 18.2 Å². The number of likely N-dealkylation sites (tertiary alicyclic amines) is 1. The fraction of sp³-hybridized carbons (Fsp3) is 0.409. The van der Waals surface area contributed by atoms with Gasteiger partial charge in [0.15, 0.2) is 0 Å². The molecule has 5 heteroatoms. The van der Waals surface area contributed by atoms with E-state index < -0.39 is 0 Å². The summed E-state index contributed by atoms with van der Waals surface area (Å²) in [5.41, 5.74) is 1.63. The Balaban J connectivity index is 1.77. The van der Waals surface area contributed by atoms with Crippen molar-refractivity contribution < 1.29 is 9.53 Å². The fourth-order valence-electron chi connectivity index (χ4n) is 3.63. The number of nitrogens with one attached hydrogen (secondary N) is 1. The Hall–Kier alpha value is -2.04. The molecule has 1 aliphatic rings. The highest BCUT2D eigenvalue weighted by molar-refractivity contribution is 6.31. The van der Waals surface area contributed by atoms with Gasteiger partial charge in [0, 0.05) is 11.6 Å². The smallest absolute Gasteiger partial charge is 0.255 e. The van der Waals surface area contributed by atoms with Crippen molar-refractivity contribution >= 4 is 17.5 Å². The van der Waals surface area contributed by atoms with E-state index in [1.165, 1.54) is 19.3 Å². The van der Waals surface area contributed by atoms with Crippen LogP contribution in [0.5, 0.6) is 5.75 Å². The van der Waals surface area contributed by atoms with Crippen LogP contribution >= 0.6 is 11.6 Å². The summed E-state index contributed by atoms with van der Waals surface area (Å²) in [5.74, 6) is 0.498. The maximum absolute atomic E-state index is 12.8. The first-order valence-corrected chi connectivity index (χ1v) is 10.1. The number of ether oxygens (including phenoxy) is 1. The molecule has 0 saturated carbocycles. The first kappa shape index (κ1) is 19.7. The van der Waals surface area contributed by atoms with Gasteiger partial charge < -0.3 is 10.1 Å². The summed E-state index contributed by atoms with van der Waals surface area (Å²) in [5, 5.41) is 3.85. The number of benzene rings is 2. The SMILES string of the molecule is CCOc1ccccc1C(=O)NC[C@@H](c1ccccc1Cl)N1CCCCC1. The van der Waals surface area contributed by atoms with Gasteiger partial charge >= 0.3 is 0 Å². The first-order valence-electron chi connectivity index (χ1n) is 9.69. The number of amides is 1. The number of hydrogen-bond acceptors (Lipinski definition) is 3. The van der Waals surface area contributed by atoms with Crippen LogP contribution in [0, 0.1) is 0 Å². The number of hydrogen-bond donors (Lipinski definition) is 1. The van der Waals surface area contributed by atoms with Crippen LogP contribution in [0.25, 0.3) is 0 Å². The number of para-hydroxylation sites is 1. The van der Waals surface area contributed by atoms with Crippen LogP contribution in [0.2, 0.25) is 5.02 Å². The lowest BCUT2D eigenvalue weighted by Crippen LogP contribution is -2.40. The van der Waals surface area contributed by atoms with Crippen LogP contribution in [0.3, 0.4) is 0 Å². The van der Waals surface area contributed by atoms with E-state index in [-0.39, 0.29) is 11.9 Å². The predicted molar refractivity (Wildman–Crippen MR) is 110 cm³/mol. The number of rotatable bonds is 7. The first-order chi connectivity index (χ1) is 13.2. The lowest BCUT2D eigenvalue weighted by Gasteiger charge is -2.35. The second kappa shape index (κ2) is 9.77. The third kappa shape index (κ3) is 5.02. The molecule has 0 spiro atoms. The maximum Gasteiger partial charge on any atom is 0.255 e. The average Bonchev–Trinajstić information content (AvgIpc) is 2.71. The van der Waals surface area contributed by atoms with Crippen LogP contribution in [-0.4, -0.2) is 37.0 Å². The standard InChI is InChI=1S/C22H27ClN2O2/c1-2-27-21-13-7-5-11-18(21)22(26)24-16-20(25-14-8-3-9-15-25)17-10-4-6-12-19(17)23/h4-7,10-13,20H,2-3,8-9,14-16H2,1H3,(H,24,26)/t20-/m0/s1. The summed E-state index contributed by atoms with van der Waals surface area (Å²) in [4.78, 5) is 15.2. The minimum absolute atomic E-state index is 0.0715. The van der Waals surface area contributed by atoms with E-state index in [1.807, 2.05) is 43.3 Å². The molecule has 1 amide bonds. The van der Waals surface area contributed by atoms with Crippen LogP contribution in [-0.2, 0) is 0 Å². The Morgan fingerprint density at radius 1 is 1.11 bits per heavy atom. The Bertz CT molecular complexity index is 759. The number of halogens is 1. The Morgan fingerprint density at radius 2 is 1.81 bits per heavy atom. The number of carbonyl (C=O) groups excluding carboxylic acids is 1. The Morgan fingerprint density at radius 3 is 2.56 bits per heavy atom. The summed E-state index contributed by atoms with van der Waals surface area (Å²) in [6.45, 7) is 5.02. The fourth-order valence-corrected chi connectivity index (χ4v) is 3.89. The second-order valence-corrected chi connectivity index (χ2v) is 7.18. The molecule has 1 heterocycles. The van der Waals surface area contributed by atoms with E-state index >= 15 is 0 Å². The summed E-state index contributed by atoms with van der Waals surface area (Å²) in [6.07, 6.45) is 3.63. The topological polar surface area (TPSA) is 41.6 Å². The van der Waals surface area contributed by atoms with Crippen molar-refractivity contribution in [1.82, 2.24) is 10.2 Å². The molecule has 2 aromatic carbocycles. The highest BCUT2D eigenvalue weighted by Crippen LogP contribution is 2.29.